The van der Waals surface area contributed by atoms with Crippen LogP contribution in [0.5, 0.6) is 0 Å². The third-order valence-corrected chi connectivity index (χ3v) is 6.40. The number of anilines is 1. The van der Waals surface area contributed by atoms with Crippen molar-refractivity contribution in [3.63, 3.8) is 0 Å². The molecule has 2 atom stereocenters. The third kappa shape index (κ3) is 9.06. The normalized spacial score (nSPS) is 15.1. The van der Waals surface area contributed by atoms with Gasteiger partial charge >= 0.3 is 5.97 Å². The molecule has 2 N–H and O–H groups in total. The van der Waals surface area contributed by atoms with Gasteiger partial charge in [0.2, 0.25) is 0 Å². The summed E-state index contributed by atoms with van der Waals surface area (Å²) < 4.78 is 16.8. The number of hydrogen-bond acceptors (Lipinski definition) is 7. The summed E-state index contributed by atoms with van der Waals surface area (Å²) in [6, 6.07) is 5.64. The zero-order valence-corrected chi connectivity index (χ0v) is 20.8. The molecular formula is C25H43NO6. The number of aliphatic hydroxyl groups is 2. The van der Waals surface area contributed by atoms with Crippen LogP contribution in [-0.4, -0.2) is 61.3 Å². The fourth-order valence-electron chi connectivity index (χ4n) is 3.52. The van der Waals surface area contributed by atoms with Gasteiger partial charge < -0.3 is 29.3 Å². The summed E-state index contributed by atoms with van der Waals surface area (Å²) in [4.78, 5) is 13.8. The van der Waals surface area contributed by atoms with Crippen LogP contribution in [0.3, 0.4) is 0 Å². The van der Waals surface area contributed by atoms with E-state index in [-0.39, 0.29) is 24.8 Å². The lowest BCUT2D eigenvalue weighted by Crippen LogP contribution is -2.44. The Morgan fingerprint density at radius 1 is 1.00 bits per heavy atom. The minimum atomic E-state index is -0.414. The molecular weight excluding hydrogens is 410 g/mol. The zero-order chi connectivity index (χ0) is 24.2. The number of nitrogens with zero attached hydrogens (tertiary/aromatic N) is 1. The summed E-state index contributed by atoms with van der Waals surface area (Å²) >= 11 is 0. The van der Waals surface area contributed by atoms with E-state index in [1.165, 1.54) is 7.11 Å². The van der Waals surface area contributed by atoms with Crippen LogP contribution in [0.4, 0.5) is 5.69 Å². The lowest BCUT2D eigenvalue weighted by molar-refractivity contribution is -0.140. The number of ether oxygens (including phenoxy) is 3. The maximum atomic E-state index is 11.6. The zero-order valence-electron chi connectivity index (χ0n) is 20.8. The second-order valence-electron chi connectivity index (χ2n) is 8.83. The average molecular weight is 454 g/mol. The van der Waals surface area contributed by atoms with E-state index in [2.05, 4.69) is 32.6 Å². The van der Waals surface area contributed by atoms with Crippen LogP contribution in [0.2, 0.25) is 0 Å². The van der Waals surface area contributed by atoms with Crippen LogP contribution in [0, 0.1) is 0 Å². The summed E-state index contributed by atoms with van der Waals surface area (Å²) in [5.41, 5.74) is 1.75. The van der Waals surface area contributed by atoms with Crippen LogP contribution in [0.15, 0.2) is 18.2 Å². The first-order chi connectivity index (χ1) is 15.2. The fourth-order valence-corrected chi connectivity index (χ4v) is 3.52. The Bertz CT molecular complexity index is 669. The maximum Gasteiger partial charge on any atom is 0.305 e. The van der Waals surface area contributed by atoms with Crippen LogP contribution in [-0.2, 0) is 32.2 Å². The predicted octanol–water partition coefficient (Wildman–Crippen LogP) is 3.82. The van der Waals surface area contributed by atoms with Gasteiger partial charge in [-0.05, 0) is 62.8 Å². The highest BCUT2D eigenvalue weighted by Gasteiger charge is 2.29. The smallest absolute Gasteiger partial charge is 0.305 e. The first-order valence-electron chi connectivity index (χ1n) is 11.5. The molecule has 0 aliphatic heterocycles. The molecule has 184 valence electrons. The van der Waals surface area contributed by atoms with Gasteiger partial charge in [-0.3, -0.25) is 4.79 Å². The van der Waals surface area contributed by atoms with E-state index in [0.29, 0.717) is 32.5 Å². The van der Waals surface area contributed by atoms with Crippen molar-refractivity contribution in [3.05, 3.63) is 29.3 Å². The predicted molar refractivity (Wildman–Crippen MR) is 127 cm³/mol. The Balaban J connectivity index is 3.05. The molecule has 0 unspecified atom stereocenters. The molecule has 0 heterocycles. The van der Waals surface area contributed by atoms with E-state index in [4.69, 9.17) is 14.2 Å². The molecule has 32 heavy (non-hydrogen) atoms. The minimum absolute atomic E-state index is 0.106. The third-order valence-electron chi connectivity index (χ3n) is 6.40. The standard InChI is InChI=1S/C25H43NO6/c1-7-24(3,31-6)11-13-32-25(4,8-2)19-26(12-9-10-23(29)30-5)22-15-20(17-27)14-21(16-22)18-28/h14-16,27-28H,7-13,17-19H2,1-6H3/t24-,25-/m1/s1. The highest BCUT2D eigenvalue weighted by molar-refractivity contribution is 5.69. The van der Waals surface area contributed by atoms with Gasteiger partial charge in [0.1, 0.15) is 0 Å². The molecule has 0 saturated carbocycles. The van der Waals surface area contributed by atoms with Crippen molar-refractivity contribution in [2.45, 2.75) is 84.2 Å². The Morgan fingerprint density at radius 3 is 2.06 bits per heavy atom. The molecule has 1 aromatic carbocycles. The number of aliphatic hydroxyl groups excluding tert-OH is 2. The summed E-state index contributed by atoms with van der Waals surface area (Å²) in [6.07, 6.45) is 3.47. The van der Waals surface area contributed by atoms with Crippen molar-refractivity contribution in [1.82, 2.24) is 0 Å². The highest BCUT2D eigenvalue weighted by Crippen LogP contribution is 2.27. The molecule has 0 aliphatic rings. The van der Waals surface area contributed by atoms with Crippen molar-refractivity contribution < 1.29 is 29.2 Å². The number of methoxy groups -OCH3 is 2. The Kier molecular flexibility index (Phi) is 12.2. The number of rotatable bonds is 16. The van der Waals surface area contributed by atoms with E-state index >= 15 is 0 Å². The lowest BCUT2D eigenvalue weighted by Gasteiger charge is -2.37. The molecule has 0 amide bonds. The van der Waals surface area contributed by atoms with Crippen molar-refractivity contribution in [3.8, 4) is 0 Å². The van der Waals surface area contributed by atoms with Crippen molar-refractivity contribution in [2.75, 3.05) is 38.8 Å². The second kappa shape index (κ2) is 13.8. The number of benzene rings is 1. The molecule has 0 saturated heterocycles. The van der Waals surface area contributed by atoms with Gasteiger partial charge in [-0.15, -0.1) is 0 Å². The monoisotopic (exact) mass is 453 g/mol. The molecule has 0 spiro atoms. The molecule has 7 heteroatoms. The molecule has 1 aromatic rings. The molecule has 0 aliphatic carbocycles. The average Bonchev–Trinajstić information content (AvgIpc) is 2.82. The fraction of sp³-hybridized carbons (Fsp3) is 0.720. The van der Waals surface area contributed by atoms with Crippen LogP contribution in [0.25, 0.3) is 0 Å². The van der Waals surface area contributed by atoms with Gasteiger partial charge in [-0.1, -0.05) is 19.9 Å². The number of carbonyl (C=O) groups excluding carboxylic acids is 1. The lowest BCUT2D eigenvalue weighted by atomic mass is 9.98. The van der Waals surface area contributed by atoms with Crippen LogP contribution >= 0.6 is 0 Å². The maximum absolute atomic E-state index is 11.6. The topological polar surface area (TPSA) is 88.5 Å². The van der Waals surface area contributed by atoms with Gasteiger partial charge in [0.05, 0.1) is 38.1 Å². The van der Waals surface area contributed by atoms with Gasteiger partial charge in [-0.25, -0.2) is 0 Å². The SMILES string of the molecule is CC[C@](C)(CCO[C@](C)(CC)CN(CCCC(=O)OC)c1cc(CO)cc(CO)c1)OC. The van der Waals surface area contributed by atoms with E-state index in [9.17, 15) is 15.0 Å². The molecule has 7 nitrogen and oxygen atoms in total. The molecule has 0 aromatic heterocycles. The summed E-state index contributed by atoms with van der Waals surface area (Å²) in [6.45, 7) is 10.0. The van der Waals surface area contributed by atoms with E-state index in [0.717, 1.165) is 36.1 Å². The number of hydrogen-bond donors (Lipinski definition) is 2. The van der Waals surface area contributed by atoms with Crippen LogP contribution in [0.1, 0.15) is 70.9 Å². The molecule has 1 rings (SSSR count). The van der Waals surface area contributed by atoms with Crippen molar-refractivity contribution >= 4 is 11.7 Å². The van der Waals surface area contributed by atoms with Crippen LogP contribution < -0.4 is 4.90 Å². The Labute approximate surface area is 193 Å². The van der Waals surface area contributed by atoms with E-state index in [1.807, 2.05) is 12.1 Å². The quantitative estimate of drug-likeness (QED) is 0.368. The summed E-state index contributed by atoms with van der Waals surface area (Å²) in [5.74, 6) is -0.238. The minimum Gasteiger partial charge on any atom is -0.469 e. The molecule has 0 fully saturated rings. The largest absolute Gasteiger partial charge is 0.469 e. The van der Waals surface area contributed by atoms with Gasteiger partial charge in [-0.2, -0.15) is 0 Å². The first kappa shape index (κ1) is 28.4. The highest BCUT2D eigenvalue weighted by atomic mass is 16.5. The number of esters is 1. The van der Waals surface area contributed by atoms with E-state index in [1.54, 1.807) is 13.2 Å². The van der Waals surface area contributed by atoms with Crippen molar-refractivity contribution in [2.24, 2.45) is 0 Å². The Hall–Kier alpha value is -1.67. The van der Waals surface area contributed by atoms with Gasteiger partial charge in [0.25, 0.3) is 0 Å². The molecule has 0 radical (unpaired) electrons. The Morgan fingerprint density at radius 2 is 1.59 bits per heavy atom. The van der Waals surface area contributed by atoms with E-state index < -0.39 is 5.60 Å². The summed E-state index contributed by atoms with van der Waals surface area (Å²) in [5, 5.41) is 19.3. The first-order valence-corrected chi connectivity index (χ1v) is 11.5. The number of carbonyl (C=O) groups is 1. The van der Waals surface area contributed by atoms with Crippen molar-refractivity contribution in [1.29, 1.82) is 0 Å². The van der Waals surface area contributed by atoms with Gasteiger partial charge in [0.15, 0.2) is 0 Å². The second-order valence-corrected chi connectivity index (χ2v) is 8.83. The molecule has 0 bridgehead atoms. The van der Waals surface area contributed by atoms with Gasteiger partial charge in [0, 0.05) is 32.3 Å². The summed E-state index contributed by atoms with van der Waals surface area (Å²) in [7, 11) is 3.13.